The first-order chi connectivity index (χ1) is 14.0. The number of pyridine rings is 1. The minimum Gasteiger partial charge on any atom is -0.490 e. The standard InChI is InChI=1S/C23H27N3O3/c1-16-7-9-25-15-20(24-22(25)11-16)23(27)26(8-4-10-28-3)14-18-5-6-21-19(13-18)12-17(2)29-21/h5-7,9,11,13,15,17H,4,8,10,12,14H2,1-3H3/t17-/m0/s1. The van der Waals surface area contributed by atoms with E-state index >= 15 is 0 Å². The maximum absolute atomic E-state index is 13.3. The van der Waals surface area contributed by atoms with Crippen LogP contribution in [0.1, 0.15) is 40.5 Å². The quantitative estimate of drug-likeness (QED) is 0.575. The number of amides is 1. The number of fused-ring (bicyclic) bond motifs is 2. The Kier molecular flexibility index (Phi) is 5.53. The first-order valence-corrected chi connectivity index (χ1v) is 10.1. The summed E-state index contributed by atoms with van der Waals surface area (Å²) >= 11 is 0. The van der Waals surface area contributed by atoms with Crippen LogP contribution in [0.25, 0.3) is 5.65 Å². The number of methoxy groups -OCH3 is 1. The van der Waals surface area contributed by atoms with Gasteiger partial charge in [-0.05, 0) is 55.2 Å². The molecule has 6 nitrogen and oxygen atoms in total. The molecule has 1 aliphatic rings. The van der Waals surface area contributed by atoms with Crippen molar-refractivity contribution in [3.63, 3.8) is 0 Å². The van der Waals surface area contributed by atoms with Gasteiger partial charge < -0.3 is 18.8 Å². The zero-order valence-corrected chi connectivity index (χ0v) is 17.2. The molecular formula is C23H27N3O3. The first-order valence-electron chi connectivity index (χ1n) is 10.1. The van der Waals surface area contributed by atoms with Crippen molar-refractivity contribution in [2.24, 2.45) is 0 Å². The predicted octanol–water partition coefficient (Wildman–Crippen LogP) is 3.65. The molecule has 2 aromatic heterocycles. The van der Waals surface area contributed by atoms with E-state index in [1.165, 1.54) is 5.56 Å². The Morgan fingerprint density at radius 1 is 1.34 bits per heavy atom. The molecule has 0 saturated heterocycles. The van der Waals surface area contributed by atoms with E-state index in [1.54, 1.807) is 13.3 Å². The highest BCUT2D eigenvalue weighted by Gasteiger charge is 2.22. The van der Waals surface area contributed by atoms with Crippen LogP contribution in [0, 0.1) is 6.92 Å². The first kappa shape index (κ1) is 19.5. The average molecular weight is 393 g/mol. The number of hydrogen-bond acceptors (Lipinski definition) is 4. The molecule has 4 rings (SSSR count). The van der Waals surface area contributed by atoms with Crippen LogP contribution in [0.15, 0.2) is 42.7 Å². The molecule has 152 valence electrons. The molecule has 1 aliphatic heterocycles. The van der Waals surface area contributed by atoms with Gasteiger partial charge >= 0.3 is 0 Å². The van der Waals surface area contributed by atoms with Crippen LogP contribution in [0.2, 0.25) is 0 Å². The van der Waals surface area contributed by atoms with Gasteiger partial charge in [-0.2, -0.15) is 0 Å². The monoisotopic (exact) mass is 393 g/mol. The maximum atomic E-state index is 13.3. The number of imidazole rings is 1. The van der Waals surface area contributed by atoms with Gasteiger partial charge in [-0.25, -0.2) is 4.98 Å². The van der Waals surface area contributed by atoms with E-state index in [4.69, 9.17) is 9.47 Å². The van der Waals surface area contributed by atoms with Crippen molar-refractivity contribution in [1.82, 2.24) is 14.3 Å². The van der Waals surface area contributed by atoms with E-state index in [9.17, 15) is 4.79 Å². The van der Waals surface area contributed by atoms with Crippen LogP contribution in [0.4, 0.5) is 0 Å². The van der Waals surface area contributed by atoms with E-state index in [-0.39, 0.29) is 12.0 Å². The van der Waals surface area contributed by atoms with Crippen LogP contribution in [-0.4, -0.2) is 46.6 Å². The number of carbonyl (C=O) groups is 1. The van der Waals surface area contributed by atoms with Crippen molar-refractivity contribution in [3.8, 4) is 5.75 Å². The van der Waals surface area contributed by atoms with Gasteiger partial charge in [0.2, 0.25) is 0 Å². The van der Waals surface area contributed by atoms with Crippen LogP contribution in [0.3, 0.4) is 0 Å². The predicted molar refractivity (Wildman–Crippen MR) is 111 cm³/mol. The molecule has 0 bridgehead atoms. The van der Waals surface area contributed by atoms with Gasteiger partial charge in [-0.1, -0.05) is 12.1 Å². The average Bonchev–Trinajstić information content (AvgIpc) is 3.28. The fourth-order valence-corrected chi connectivity index (χ4v) is 3.80. The van der Waals surface area contributed by atoms with Gasteiger partial charge in [0, 0.05) is 45.6 Å². The number of carbonyl (C=O) groups excluding carboxylic acids is 1. The Morgan fingerprint density at radius 3 is 3.03 bits per heavy atom. The van der Waals surface area contributed by atoms with Crippen LogP contribution >= 0.6 is 0 Å². The second-order valence-electron chi connectivity index (χ2n) is 7.74. The summed E-state index contributed by atoms with van der Waals surface area (Å²) in [5.41, 5.74) is 4.68. The highest BCUT2D eigenvalue weighted by molar-refractivity contribution is 5.93. The smallest absolute Gasteiger partial charge is 0.274 e. The Hall–Kier alpha value is -2.86. The summed E-state index contributed by atoms with van der Waals surface area (Å²) in [4.78, 5) is 19.7. The third-order valence-electron chi connectivity index (χ3n) is 5.23. The molecule has 3 aromatic rings. The highest BCUT2D eigenvalue weighted by atomic mass is 16.5. The molecule has 0 aliphatic carbocycles. The maximum Gasteiger partial charge on any atom is 0.274 e. The number of ether oxygens (including phenoxy) is 2. The third-order valence-corrected chi connectivity index (χ3v) is 5.23. The van der Waals surface area contributed by atoms with E-state index in [1.807, 2.05) is 46.7 Å². The Balaban J connectivity index is 1.57. The van der Waals surface area contributed by atoms with Crippen molar-refractivity contribution < 1.29 is 14.3 Å². The fraction of sp³-hybridized carbons (Fsp3) is 0.391. The third kappa shape index (κ3) is 4.27. The minimum atomic E-state index is -0.0624. The van der Waals surface area contributed by atoms with Crippen molar-refractivity contribution in [2.75, 3.05) is 20.3 Å². The topological polar surface area (TPSA) is 56.1 Å². The number of nitrogens with zero attached hydrogens (tertiary/aromatic N) is 3. The van der Waals surface area contributed by atoms with Crippen molar-refractivity contribution >= 4 is 11.6 Å². The lowest BCUT2D eigenvalue weighted by molar-refractivity contribution is 0.0718. The van der Waals surface area contributed by atoms with E-state index in [0.717, 1.165) is 35.4 Å². The van der Waals surface area contributed by atoms with Gasteiger partial charge in [-0.3, -0.25) is 4.79 Å². The second kappa shape index (κ2) is 8.25. The summed E-state index contributed by atoms with van der Waals surface area (Å²) < 4.78 is 12.9. The van der Waals surface area contributed by atoms with Crippen LogP contribution in [0.5, 0.6) is 5.75 Å². The number of aromatic nitrogens is 2. The van der Waals surface area contributed by atoms with Crippen molar-refractivity contribution in [3.05, 3.63) is 65.1 Å². The fourth-order valence-electron chi connectivity index (χ4n) is 3.80. The van der Waals surface area contributed by atoms with E-state index < -0.39 is 0 Å². The van der Waals surface area contributed by atoms with Gasteiger partial charge in [0.15, 0.2) is 0 Å². The number of rotatable bonds is 7. The molecule has 0 N–H and O–H groups in total. The van der Waals surface area contributed by atoms with Gasteiger partial charge in [0.05, 0.1) is 0 Å². The molecule has 1 amide bonds. The molecule has 0 spiro atoms. The summed E-state index contributed by atoms with van der Waals surface area (Å²) in [6.07, 6.45) is 5.64. The minimum absolute atomic E-state index is 0.0624. The van der Waals surface area contributed by atoms with E-state index in [0.29, 0.717) is 25.4 Å². The summed E-state index contributed by atoms with van der Waals surface area (Å²) in [6.45, 7) is 5.86. The Bertz CT molecular complexity index is 1030. The molecule has 29 heavy (non-hydrogen) atoms. The molecular weight excluding hydrogens is 366 g/mol. The molecule has 0 unspecified atom stereocenters. The molecule has 1 aromatic carbocycles. The summed E-state index contributed by atoms with van der Waals surface area (Å²) in [5, 5.41) is 0. The largest absolute Gasteiger partial charge is 0.490 e. The number of aryl methyl sites for hydroxylation is 1. The molecule has 6 heteroatoms. The molecule has 0 radical (unpaired) electrons. The van der Waals surface area contributed by atoms with Gasteiger partial charge in [-0.15, -0.1) is 0 Å². The van der Waals surface area contributed by atoms with Crippen LogP contribution < -0.4 is 4.74 Å². The zero-order valence-electron chi connectivity index (χ0n) is 17.2. The lowest BCUT2D eigenvalue weighted by atomic mass is 10.1. The second-order valence-corrected chi connectivity index (χ2v) is 7.74. The molecule has 0 saturated carbocycles. The lowest BCUT2D eigenvalue weighted by Crippen LogP contribution is -2.32. The number of hydrogen-bond donors (Lipinski definition) is 0. The van der Waals surface area contributed by atoms with Crippen molar-refractivity contribution in [2.45, 2.75) is 39.3 Å². The summed E-state index contributed by atoms with van der Waals surface area (Å²) in [5.74, 6) is 0.891. The number of benzene rings is 1. The molecule has 3 heterocycles. The summed E-state index contributed by atoms with van der Waals surface area (Å²) in [7, 11) is 1.68. The van der Waals surface area contributed by atoms with Crippen molar-refractivity contribution in [1.29, 1.82) is 0 Å². The normalized spacial score (nSPS) is 15.3. The lowest BCUT2D eigenvalue weighted by Gasteiger charge is -2.22. The Labute approximate surface area is 171 Å². The SMILES string of the molecule is COCCCN(Cc1ccc2c(c1)C[C@H](C)O2)C(=O)c1cn2ccc(C)cc2n1. The van der Waals surface area contributed by atoms with Gasteiger partial charge in [0.25, 0.3) is 5.91 Å². The molecule has 0 fully saturated rings. The van der Waals surface area contributed by atoms with Crippen LogP contribution in [-0.2, 0) is 17.7 Å². The Morgan fingerprint density at radius 2 is 2.21 bits per heavy atom. The highest BCUT2D eigenvalue weighted by Crippen LogP contribution is 2.29. The molecule has 1 atom stereocenters. The van der Waals surface area contributed by atoms with Gasteiger partial charge in [0.1, 0.15) is 23.2 Å². The van der Waals surface area contributed by atoms with E-state index in [2.05, 4.69) is 18.0 Å². The summed E-state index contributed by atoms with van der Waals surface area (Å²) in [6, 6.07) is 10.2. The zero-order chi connectivity index (χ0) is 20.4.